The molecule has 1 aliphatic carbocycles. The van der Waals surface area contributed by atoms with Gasteiger partial charge >= 0.3 is 0 Å². The number of hydrogen-bond donors (Lipinski definition) is 1. The van der Waals surface area contributed by atoms with Gasteiger partial charge in [-0.15, -0.1) is 0 Å². The van der Waals surface area contributed by atoms with E-state index in [1.54, 1.807) is 0 Å². The SMILES string of the molecule is CC1CCC(C(O)Cc2ccc(C(C)C)cc2)C1. The van der Waals surface area contributed by atoms with Crippen LogP contribution in [0.2, 0.25) is 0 Å². The maximum Gasteiger partial charge on any atom is 0.0608 e. The summed E-state index contributed by atoms with van der Waals surface area (Å²) in [5, 5.41) is 10.3. The van der Waals surface area contributed by atoms with Gasteiger partial charge in [-0.1, -0.05) is 51.5 Å². The summed E-state index contributed by atoms with van der Waals surface area (Å²) in [6.45, 7) is 6.72. The molecule has 0 bridgehead atoms. The van der Waals surface area contributed by atoms with Crippen molar-refractivity contribution in [3.05, 3.63) is 35.4 Å². The van der Waals surface area contributed by atoms with Crippen LogP contribution in [0.25, 0.3) is 0 Å². The second-order valence-corrected chi connectivity index (χ2v) is 6.35. The smallest absolute Gasteiger partial charge is 0.0608 e. The van der Waals surface area contributed by atoms with E-state index in [1.165, 1.54) is 30.4 Å². The zero-order valence-electron chi connectivity index (χ0n) is 11.9. The monoisotopic (exact) mass is 246 g/mol. The molecule has 0 amide bonds. The maximum atomic E-state index is 10.3. The first-order valence-corrected chi connectivity index (χ1v) is 7.33. The lowest BCUT2D eigenvalue weighted by Gasteiger charge is -2.18. The van der Waals surface area contributed by atoms with E-state index in [2.05, 4.69) is 45.0 Å². The first-order chi connectivity index (χ1) is 8.56. The first kappa shape index (κ1) is 13.6. The van der Waals surface area contributed by atoms with Gasteiger partial charge in [-0.05, 0) is 48.1 Å². The lowest BCUT2D eigenvalue weighted by Crippen LogP contribution is -2.20. The highest BCUT2D eigenvalue weighted by Gasteiger charge is 2.27. The predicted molar refractivity (Wildman–Crippen MR) is 76.7 cm³/mol. The molecule has 1 nitrogen and oxygen atoms in total. The molecular weight excluding hydrogens is 220 g/mol. The summed E-state index contributed by atoms with van der Waals surface area (Å²) in [4.78, 5) is 0. The Balaban J connectivity index is 1.92. The van der Waals surface area contributed by atoms with E-state index >= 15 is 0 Å². The molecule has 0 saturated heterocycles. The third-order valence-corrected chi connectivity index (χ3v) is 4.37. The van der Waals surface area contributed by atoms with Crippen molar-refractivity contribution < 1.29 is 5.11 Å². The fourth-order valence-corrected chi connectivity index (χ4v) is 3.05. The van der Waals surface area contributed by atoms with E-state index < -0.39 is 0 Å². The van der Waals surface area contributed by atoms with Crippen LogP contribution in [0.5, 0.6) is 0 Å². The van der Waals surface area contributed by atoms with Crippen LogP contribution in [-0.2, 0) is 6.42 Å². The third kappa shape index (κ3) is 3.35. The molecule has 1 fully saturated rings. The molecule has 1 N–H and O–H groups in total. The zero-order valence-corrected chi connectivity index (χ0v) is 11.9. The van der Waals surface area contributed by atoms with E-state index in [-0.39, 0.29) is 6.10 Å². The summed E-state index contributed by atoms with van der Waals surface area (Å²) in [6.07, 6.45) is 4.35. The topological polar surface area (TPSA) is 20.2 Å². The molecule has 3 atom stereocenters. The molecule has 0 heterocycles. The van der Waals surface area contributed by atoms with Gasteiger partial charge in [0.15, 0.2) is 0 Å². The number of hydrogen-bond acceptors (Lipinski definition) is 1. The molecule has 1 aromatic carbocycles. The van der Waals surface area contributed by atoms with Crippen molar-refractivity contribution in [1.29, 1.82) is 0 Å². The van der Waals surface area contributed by atoms with Gasteiger partial charge in [-0.25, -0.2) is 0 Å². The molecule has 2 rings (SSSR count). The minimum Gasteiger partial charge on any atom is -0.392 e. The minimum absolute atomic E-state index is 0.153. The van der Waals surface area contributed by atoms with Gasteiger partial charge in [0.2, 0.25) is 0 Å². The largest absolute Gasteiger partial charge is 0.392 e. The number of aliphatic hydroxyl groups is 1. The maximum absolute atomic E-state index is 10.3. The van der Waals surface area contributed by atoms with Crippen LogP contribution in [0.4, 0.5) is 0 Å². The molecule has 0 spiro atoms. The third-order valence-electron chi connectivity index (χ3n) is 4.37. The Labute approximate surface area is 111 Å². The Bertz CT molecular complexity index is 366. The Morgan fingerprint density at radius 3 is 2.33 bits per heavy atom. The van der Waals surface area contributed by atoms with Crippen LogP contribution >= 0.6 is 0 Å². The van der Waals surface area contributed by atoms with Gasteiger partial charge in [-0.2, -0.15) is 0 Å². The van der Waals surface area contributed by atoms with Crippen LogP contribution in [-0.4, -0.2) is 11.2 Å². The summed E-state index contributed by atoms with van der Waals surface area (Å²) < 4.78 is 0. The van der Waals surface area contributed by atoms with Gasteiger partial charge in [0.25, 0.3) is 0 Å². The highest BCUT2D eigenvalue weighted by molar-refractivity contribution is 5.25. The minimum atomic E-state index is -0.153. The van der Waals surface area contributed by atoms with Crippen LogP contribution in [0.1, 0.15) is 57.1 Å². The van der Waals surface area contributed by atoms with Crippen LogP contribution in [0.3, 0.4) is 0 Å². The summed E-state index contributed by atoms with van der Waals surface area (Å²) in [6, 6.07) is 8.75. The first-order valence-electron chi connectivity index (χ1n) is 7.33. The van der Waals surface area contributed by atoms with E-state index in [9.17, 15) is 5.11 Å². The van der Waals surface area contributed by atoms with Crippen molar-refractivity contribution in [2.45, 2.75) is 58.5 Å². The highest BCUT2D eigenvalue weighted by atomic mass is 16.3. The quantitative estimate of drug-likeness (QED) is 0.846. The van der Waals surface area contributed by atoms with Crippen LogP contribution in [0.15, 0.2) is 24.3 Å². The molecule has 0 aliphatic heterocycles. The molecule has 0 aromatic heterocycles. The lowest BCUT2D eigenvalue weighted by molar-refractivity contribution is 0.109. The Morgan fingerprint density at radius 2 is 1.83 bits per heavy atom. The van der Waals surface area contributed by atoms with Gasteiger partial charge in [-0.3, -0.25) is 0 Å². The lowest BCUT2D eigenvalue weighted by atomic mass is 9.93. The van der Waals surface area contributed by atoms with Crippen molar-refractivity contribution in [1.82, 2.24) is 0 Å². The fourth-order valence-electron chi connectivity index (χ4n) is 3.05. The van der Waals surface area contributed by atoms with Crippen molar-refractivity contribution in [2.24, 2.45) is 11.8 Å². The van der Waals surface area contributed by atoms with E-state index in [0.717, 1.165) is 12.3 Å². The second-order valence-electron chi connectivity index (χ2n) is 6.35. The Morgan fingerprint density at radius 1 is 1.17 bits per heavy atom. The average molecular weight is 246 g/mol. The van der Waals surface area contributed by atoms with E-state index in [4.69, 9.17) is 0 Å². The molecule has 100 valence electrons. The number of aliphatic hydroxyl groups excluding tert-OH is 1. The molecule has 0 radical (unpaired) electrons. The van der Waals surface area contributed by atoms with Crippen LogP contribution < -0.4 is 0 Å². The van der Waals surface area contributed by atoms with Crippen molar-refractivity contribution in [3.63, 3.8) is 0 Å². The predicted octanol–water partition coefficient (Wildman–Crippen LogP) is 4.15. The highest BCUT2D eigenvalue weighted by Crippen LogP contribution is 2.33. The molecule has 1 saturated carbocycles. The molecular formula is C17H26O. The van der Waals surface area contributed by atoms with Gasteiger partial charge in [0.05, 0.1) is 6.10 Å². The number of rotatable bonds is 4. The summed E-state index contributed by atoms with van der Waals surface area (Å²) in [5.41, 5.74) is 2.65. The second kappa shape index (κ2) is 5.88. The normalized spacial score (nSPS) is 25.6. The standard InChI is InChI=1S/C17H26O/c1-12(2)15-8-5-14(6-9-15)11-17(18)16-7-4-13(3)10-16/h5-6,8-9,12-13,16-18H,4,7,10-11H2,1-3H3. The molecule has 18 heavy (non-hydrogen) atoms. The average Bonchev–Trinajstić information content (AvgIpc) is 2.76. The summed E-state index contributed by atoms with van der Waals surface area (Å²) in [5.74, 6) is 1.90. The van der Waals surface area contributed by atoms with E-state index in [0.29, 0.717) is 11.8 Å². The Hall–Kier alpha value is -0.820. The Kier molecular flexibility index (Phi) is 4.45. The fraction of sp³-hybridized carbons (Fsp3) is 0.647. The van der Waals surface area contributed by atoms with Crippen LogP contribution in [0, 0.1) is 11.8 Å². The van der Waals surface area contributed by atoms with Gasteiger partial charge < -0.3 is 5.11 Å². The van der Waals surface area contributed by atoms with Crippen molar-refractivity contribution >= 4 is 0 Å². The van der Waals surface area contributed by atoms with Gasteiger partial charge in [0, 0.05) is 0 Å². The zero-order chi connectivity index (χ0) is 13.1. The molecule has 3 unspecified atom stereocenters. The molecule has 1 aromatic rings. The van der Waals surface area contributed by atoms with E-state index in [1.807, 2.05) is 0 Å². The van der Waals surface area contributed by atoms with Crippen molar-refractivity contribution in [3.8, 4) is 0 Å². The number of benzene rings is 1. The van der Waals surface area contributed by atoms with Crippen molar-refractivity contribution in [2.75, 3.05) is 0 Å². The molecule has 1 aliphatic rings. The van der Waals surface area contributed by atoms with Gasteiger partial charge in [0.1, 0.15) is 0 Å². The summed E-state index contributed by atoms with van der Waals surface area (Å²) >= 11 is 0. The molecule has 1 heteroatoms. The summed E-state index contributed by atoms with van der Waals surface area (Å²) in [7, 11) is 0.